The highest BCUT2D eigenvalue weighted by Crippen LogP contribution is 2.28. The number of rotatable bonds is 7. The van der Waals surface area contributed by atoms with Crippen molar-refractivity contribution in [3.05, 3.63) is 102 Å². The predicted octanol–water partition coefficient (Wildman–Crippen LogP) is 3.70. The summed E-state index contributed by atoms with van der Waals surface area (Å²) in [6, 6.07) is 24.1. The fourth-order valence-corrected chi connectivity index (χ4v) is 3.15. The standard InChI is InChI=1S/C25H24N2O4/c1-30-21-15-13-18(17-22(21)31-2)14-16-23(28)26-27-25(29)24(19-9-5-3-6-10-19)20-11-7-4-8-12-20/h3-17,24H,1-2H3,(H,26,28)(H,27,29)/b16-14+. The van der Waals surface area contributed by atoms with E-state index < -0.39 is 11.8 Å². The Balaban J connectivity index is 1.67. The van der Waals surface area contributed by atoms with E-state index in [0.717, 1.165) is 16.7 Å². The molecule has 0 unspecified atom stereocenters. The average Bonchev–Trinajstić information content (AvgIpc) is 2.82. The van der Waals surface area contributed by atoms with Crippen LogP contribution in [-0.2, 0) is 9.59 Å². The third-order valence-corrected chi connectivity index (χ3v) is 4.67. The van der Waals surface area contributed by atoms with Gasteiger partial charge in [-0.25, -0.2) is 0 Å². The summed E-state index contributed by atoms with van der Waals surface area (Å²) in [6.45, 7) is 0. The quantitative estimate of drug-likeness (QED) is 0.455. The van der Waals surface area contributed by atoms with Crippen LogP contribution < -0.4 is 20.3 Å². The van der Waals surface area contributed by atoms with Gasteiger partial charge in [-0.2, -0.15) is 0 Å². The summed E-state index contributed by atoms with van der Waals surface area (Å²) in [5.41, 5.74) is 7.39. The Hall–Kier alpha value is -4.06. The molecule has 0 saturated carbocycles. The van der Waals surface area contributed by atoms with E-state index >= 15 is 0 Å². The van der Waals surface area contributed by atoms with Gasteiger partial charge in [0, 0.05) is 6.08 Å². The summed E-state index contributed by atoms with van der Waals surface area (Å²) in [5.74, 6) is -0.165. The van der Waals surface area contributed by atoms with Gasteiger partial charge in [0.1, 0.15) is 0 Å². The smallest absolute Gasteiger partial charge is 0.262 e. The number of benzene rings is 3. The van der Waals surface area contributed by atoms with Crippen molar-refractivity contribution in [2.75, 3.05) is 14.2 Å². The minimum Gasteiger partial charge on any atom is -0.493 e. The topological polar surface area (TPSA) is 76.7 Å². The Bertz CT molecular complexity index is 1010. The molecule has 2 amide bonds. The van der Waals surface area contributed by atoms with Gasteiger partial charge in [-0.15, -0.1) is 0 Å². The average molecular weight is 416 g/mol. The summed E-state index contributed by atoms with van der Waals surface area (Å²) in [7, 11) is 3.10. The van der Waals surface area contributed by atoms with Crippen molar-refractivity contribution in [2.24, 2.45) is 0 Å². The Morgan fingerprint density at radius 3 is 1.90 bits per heavy atom. The lowest BCUT2D eigenvalue weighted by atomic mass is 9.91. The minimum atomic E-state index is -0.544. The maximum absolute atomic E-state index is 12.9. The number of carbonyl (C=O) groups excluding carboxylic acids is 2. The van der Waals surface area contributed by atoms with Crippen LogP contribution in [0.2, 0.25) is 0 Å². The van der Waals surface area contributed by atoms with Gasteiger partial charge in [0.2, 0.25) is 5.91 Å². The van der Waals surface area contributed by atoms with Crippen LogP contribution in [0.1, 0.15) is 22.6 Å². The van der Waals surface area contributed by atoms with Gasteiger partial charge in [-0.1, -0.05) is 66.7 Å². The molecule has 31 heavy (non-hydrogen) atoms. The third kappa shape index (κ3) is 5.73. The molecule has 0 heterocycles. The molecule has 0 aliphatic rings. The van der Waals surface area contributed by atoms with Gasteiger partial charge in [-0.05, 0) is 34.9 Å². The minimum absolute atomic E-state index is 0.328. The van der Waals surface area contributed by atoms with Crippen LogP contribution in [0.5, 0.6) is 11.5 Å². The van der Waals surface area contributed by atoms with Crippen molar-refractivity contribution in [1.82, 2.24) is 10.9 Å². The van der Waals surface area contributed by atoms with Gasteiger partial charge in [-0.3, -0.25) is 20.4 Å². The highest BCUT2D eigenvalue weighted by Gasteiger charge is 2.22. The molecule has 0 atom stereocenters. The number of carbonyl (C=O) groups is 2. The molecule has 3 rings (SSSR count). The lowest BCUT2D eigenvalue weighted by molar-refractivity contribution is -0.127. The van der Waals surface area contributed by atoms with Crippen LogP contribution >= 0.6 is 0 Å². The number of methoxy groups -OCH3 is 2. The van der Waals surface area contributed by atoms with E-state index in [1.807, 2.05) is 60.7 Å². The molecule has 0 saturated heterocycles. The lowest BCUT2D eigenvalue weighted by Gasteiger charge is -2.17. The maximum atomic E-state index is 12.9. The summed E-state index contributed by atoms with van der Waals surface area (Å²) in [6.07, 6.45) is 2.96. The number of hydrazine groups is 1. The van der Waals surface area contributed by atoms with Gasteiger partial charge >= 0.3 is 0 Å². The van der Waals surface area contributed by atoms with Gasteiger partial charge in [0.05, 0.1) is 20.1 Å². The molecule has 0 spiro atoms. The van der Waals surface area contributed by atoms with Gasteiger partial charge in [0.25, 0.3) is 5.91 Å². The molecular formula is C25H24N2O4. The fraction of sp³-hybridized carbons (Fsp3) is 0.120. The molecule has 2 N–H and O–H groups in total. The third-order valence-electron chi connectivity index (χ3n) is 4.67. The second-order valence-electron chi connectivity index (χ2n) is 6.68. The fourth-order valence-electron chi connectivity index (χ4n) is 3.15. The van der Waals surface area contributed by atoms with Crippen LogP contribution in [0, 0.1) is 0 Å². The summed E-state index contributed by atoms with van der Waals surface area (Å²) in [5, 5.41) is 0. The highest BCUT2D eigenvalue weighted by atomic mass is 16.5. The molecule has 158 valence electrons. The molecule has 0 fully saturated rings. The second kappa shape index (κ2) is 10.6. The van der Waals surface area contributed by atoms with Crippen LogP contribution in [0.3, 0.4) is 0 Å². The van der Waals surface area contributed by atoms with Crippen LogP contribution in [0.4, 0.5) is 0 Å². The Kier molecular flexibility index (Phi) is 7.43. The molecule has 0 radical (unpaired) electrons. The number of nitrogens with one attached hydrogen (secondary N) is 2. The summed E-state index contributed by atoms with van der Waals surface area (Å²) >= 11 is 0. The Morgan fingerprint density at radius 2 is 1.35 bits per heavy atom. The zero-order chi connectivity index (χ0) is 22.1. The molecule has 0 aromatic heterocycles. The van der Waals surface area contributed by atoms with Crippen LogP contribution in [0.25, 0.3) is 6.08 Å². The van der Waals surface area contributed by atoms with Crippen molar-refractivity contribution >= 4 is 17.9 Å². The molecule has 3 aromatic carbocycles. The summed E-state index contributed by atoms with van der Waals surface area (Å²) in [4.78, 5) is 25.1. The largest absolute Gasteiger partial charge is 0.493 e. The number of hydrogen-bond donors (Lipinski definition) is 2. The number of ether oxygens (including phenoxy) is 2. The maximum Gasteiger partial charge on any atom is 0.262 e. The molecule has 0 aliphatic heterocycles. The number of hydrogen-bond acceptors (Lipinski definition) is 4. The molecule has 6 nitrogen and oxygen atoms in total. The molecule has 3 aromatic rings. The van der Waals surface area contributed by atoms with Gasteiger partial charge < -0.3 is 9.47 Å². The highest BCUT2D eigenvalue weighted by molar-refractivity contribution is 5.94. The first kappa shape index (κ1) is 21.6. The van der Waals surface area contributed by atoms with Crippen LogP contribution in [0.15, 0.2) is 84.9 Å². The molecular weight excluding hydrogens is 392 g/mol. The van der Waals surface area contributed by atoms with Crippen molar-refractivity contribution in [1.29, 1.82) is 0 Å². The van der Waals surface area contributed by atoms with E-state index in [1.165, 1.54) is 6.08 Å². The second-order valence-corrected chi connectivity index (χ2v) is 6.68. The van der Waals surface area contributed by atoms with E-state index in [2.05, 4.69) is 10.9 Å². The number of amides is 2. The van der Waals surface area contributed by atoms with E-state index in [1.54, 1.807) is 38.5 Å². The zero-order valence-corrected chi connectivity index (χ0v) is 17.4. The lowest BCUT2D eigenvalue weighted by Crippen LogP contribution is -2.43. The Labute approximate surface area is 181 Å². The zero-order valence-electron chi connectivity index (χ0n) is 17.4. The van der Waals surface area contributed by atoms with Crippen molar-refractivity contribution in [3.63, 3.8) is 0 Å². The van der Waals surface area contributed by atoms with E-state index in [-0.39, 0.29) is 5.91 Å². The normalized spacial score (nSPS) is 10.7. The van der Waals surface area contributed by atoms with Crippen molar-refractivity contribution in [3.8, 4) is 11.5 Å². The first-order valence-corrected chi connectivity index (χ1v) is 9.72. The molecule has 0 aliphatic carbocycles. The van der Waals surface area contributed by atoms with Crippen molar-refractivity contribution < 1.29 is 19.1 Å². The van der Waals surface area contributed by atoms with Gasteiger partial charge in [0.15, 0.2) is 11.5 Å². The monoisotopic (exact) mass is 416 g/mol. The summed E-state index contributed by atoms with van der Waals surface area (Å²) < 4.78 is 10.5. The van der Waals surface area contributed by atoms with E-state index in [9.17, 15) is 9.59 Å². The Morgan fingerprint density at radius 1 is 0.774 bits per heavy atom. The van der Waals surface area contributed by atoms with Crippen LogP contribution in [-0.4, -0.2) is 26.0 Å². The molecule has 6 heteroatoms. The van der Waals surface area contributed by atoms with E-state index in [4.69, 9.17) is 9.47 Å². The SMILES string of the molecule is COc1ccc(/C=C/C(=O)NNC(=O)C(c2ccccc2)c2ccccc2)cc1OC. The van der Waals surface area contributed by atoms with E-state index in [0.29, 0.717) is 11.5 Å². The van der Waals surface area contributed by atoms with Crippen molar-refractivity contribution in [2.45, 2.75) is 5.92 Å². The first-order chi connectivity index (χ1) is 15.1. The predicted molar refractivity (Wildman–Crippen MR) is 120 cm³/mol. The first-order valence-electron chi connectivity index (χ1n) is 9.72. The molecule has 0 bridgehead atoms.